The molecule has 0 fully saturated rings. The van der Waals surface area contributed by atoms with Gasteiger partial charge in [-0.2, -0.15) is 0 Å². The number of carboxylic acids is 1. The number of amides is 1. The average Bonchev–Trinajstić information content (AvgIpc) is 2.23. The zero-order chi connectivity index (χ0) is 12.6. The molecular weight excluding hydrogens is 214 g/mol. The van der Waals surface area contributed by atoms with Crippen molar-refractivity contribution in [1.29, 1.82) is 0 Å². The molecule has 0 rings (SSSR count). The van der Waals surface area contributed by atoms with Crippen LogP contribution in [0.25, 0.3) is 0 Å². The third-order valence-electron chi connectivity index (χ3n) is 1.93. The standard InChI is InChI=1S/C10H17NO5/c1-4-5-16-9(14)11-6-10(2,7-15-3)8(12)13/h4H,1,5-7H2,2-3H3,(H,11,14)(H,12,13). The number of ether oxygens (including phenoxy) is 2. The third kappa shape index (κ3) is 4.79. The number of hydrogen-bond donors (Lipinski definition) is 2. The van der Waals surface area contributed by atoms with E-state index in [4.69, 9.17) is 9.84 Å². The number of aliphatic carboxylic acids is 1. The summed E-state index contributed by atoms with van der Waals surface area (Å²) in [6, 6.07) is 0. The Morgan fingerprint density at radius 3 is 2.62 bits per heavy atom. The molecular formula is C10H17NO5. The molecule has 16 heavy (non-hydrogen) atoms. The molecule has 1 unspecified atom stereocenters. The molecule has 0 aromatic carbocycles. The minimum absolute atomic E-state index is 0.00404. The highest BCUT2D eigenvalue weighted by molar-refractivity contribution is 5.76. The molecule has 0 aromatic rings. The maximum absolute atomic E-state index is 11.1. The normalized spacial score (nSPS) is 13.6. The van der Waals surface area contributed by atoms with Gasteiger partial charge in [0, 0.05) is 13.7 Å². The predicted molar refractivity (Wildman–Crippen MR) is 57.2 cm³/mol. The zero-order valence-electron chi connectivity index (χ0n) is 9.49. The Morgan fingerprint density at radius 2 is 2.19 bits per heavy atom. The number of alkyl carbamates (subject to hydrolysis) is 1. The summed E-state index contributed by atoms with van der Waals surface area (Å²) in [5.41, 5.74) is -1.16. The van der Waals surface area contributed by atoms with Gasteiger partial charge in [0.1, 0.15) is 12.0 Å². The van der Waals surface area contributed by atoms with Gasteiger partial charge >= 0.3 is 12.1 Å². The van der Waals surface area contributed by atoms with Crippen LogP contribution in [0.4, 0.5) is 4.79 Å². The van der Waals surface area contributed by atoms with Gasteiger partial charge in [-0.25, -0.2) is 4.79 Å². The molecule has 6 heteroatoms. The quantitative estimate of drug-likeness (QED) is 0.628. The van der Waals surface area contributed by atoms with E-state index in [1.54, 1.807) is 0 Å². The summed E-state index contributed by atoms with van der Waals surface area (Å²) in [6.07, 6.45) is 0.744. The van der Waals surface area contributed by atoms with Crippen LogP contribution in [0.3, 0.4) is 0 Å². The Morgan fingerprint density at radius 1 is 1.56 bits per heavy atom. The van der Waals surface area contributed by atoms with E-state index in [9.17, 15) is 9.59 Å². The van der Waals surface area contributed by atoms with Crippen molar-refractivity contribution in [1.82, 2.24) is 5.32 Å². The van der Waals surface area contributed by atoms with Gasteiger partial charge in [-0.15, -0.1) is 0 Å². The topological polar surface area (TPSA) is 84.9 Å². The lowest BCUT2D eigenvalue weighted by atomic mass is 9.92. The smallest absolute Gasteiger partial charge is 0.407 e. The van der Waals surface area contributed by atoms with E-state index in [0.717, 1.165) is 0 Å². The molecule has 6 nitrogen and oxygen atoms in total. The lowest BCUT2D eigenvalue weighted by Gasteiger charge is -2.23. The highest BCUT2D eigenvalue weighted by atomic mass is 16.5. The monoisotopic (exact) mass is 231 g/mol. The van der Waals surface area contributed by atoms with Crippen molar-refractivity contribution in [3.63, 3.8) is 0 Å². The van der Waals surface area contributed by atoms with E-state index in [1.165, 1.54) is 20.1 Å². The molecule has 92 valence electrons. The fourth-order valence-electron chi connectivity index (χ4n) is 0.960. The molecule has 0 saturated heterocycles. The molecule has 2 N–H and O–H groups in total. The molecule has 0 heterocycles. The zero-order valence-corrected chi connectivity index (χ0v) is 9.49. The fraction of sp³-hybridized carbons (Fsp3) is 0.600. The van der Waals surface area contributed by atoms with E-state index >= 15 is 0 Å². The van der Waals surface area contributed by atoms with Gasteiger partial charge in [-0.3, -0.25) is 4.79 Å². The van der Waals surface area contributed by atoms with Crippen molar-refractivity contribution >= 4 is 12.1 Å². The van der Waals surface area contributed by atoms with Crippen LogP contribution in [-0.4, -0.2) is 44.0 Å². The number of hydrogen-bond acceptors (Lipinski definition) is 4. The van der Waals surface area contributed by atoms with Gasteiger partial charge in [-0.1, -0.05) is 12.7 Å². The van der Waals surface area contributed by atoms with Crippen molar-refractivity contribution < 1.29 is 24.2 Å². The van der Waals surface area contributed by atoms with Crippen molar-refractivity contribution in [2.24, 2.45) is 5.41 Å². The average molecular weight is 231 g/mol. The first-order valence-electron chi connectivity index (χ1n) is 4.70. The van der Waals surface area contributed by atoms with E-state index in [1.807, 2.05) is 0 Å². The van der Waals surface area contributed by atoms with Crippen LogP contribution in [-0.2, 0) is 14.3 Å². The summed E-state index contributed by atoms with van der Waals surface area (Å²) >= 11 is 0. The van der Waals surface area contributed by atoms with Crippen LogP contribution >= 0.6 is 0 Å². The predicted octanol–water partition coefficient (Wildman–Crippen LogP) is 0.636. The lowest BCUT2D eigenvalue weighted by Crippen LogP contribution is -2.44. The van der Waals surface area contributed by atoms with Gasteiger partial charge in [0.25, 0.3) is 0 Å². The van der Waals surface area contributed by atoms with Crippen LogP contribution in [0.1, 0.15) is 6.92 Å². The Kier molecular flexibility index (Phi) is 6.17. The maximum Gasteiger partial charge on any atom is 0.407 e. The molecule has 0 aliphatic carbocycles. The molecule has 0 aliphatic heterocycles. The first-order chi connectivity index (χ1) is 7.46. The van der Waals surface area contributed by atoms with Gasteiger partial charge < -0.3 is 19.9 Å². The number of carbonyl (C=O) groups excluding carboxylic acids is 1. The van der Waals surface area contributed by atoms with Crippen molar-refractivity contribution in [3.05, 3.63) is 12.7 Å². The maximum atomic E-state index is 11.1. The van der Waals surface area contributed by atoms with E-state index in [2.05, 4.69) is 16.6 Å². The second-order valence-electron chi connectivity index (χ2n) is 3.54. The van der Waals surface area contributed by atoms with Crippen LogP contribution < -0.4 is 5.32 Å². The largest absolute Gasteiger partial charge is 0.481 e. The highest BCUT2D eigenvalue weighted by Crippen LogP contribution is 2.15. The lowest BCUT2D eigenvalue weighted by molar-refractivity contribution is -0.150. The molecule has 1 amide bonds. The van der Waals surface area contributed by atoms with E-state index in [0.29, 0.717) is 0 Å². The van der Waals surface area contributed by atoms with Gasteiger partial charge in [0.05, 0.1) is 6.61 Å². The Hall–Kier alpha value is -1.56. The van der Waals surface area contributed by atoms with Crippen LogP contribution in [0.2, 0.25) is 0 Å². The van der Waals surface area contributed by atoms with E-state index < -0.39 is 17.5 Å². The Bertz CT molecular complexity index is 266. The number of nitrogens with one attached hydrogen (secondary N) is 1. The van der Waals surface area contributed by atoms with E-state index in [-0.39, 0.29) is 19.8 Å². The van der Waals surface area contributed by atoms with Crippen molar-refractivity contribution in [3.8, 4) is 0 Å². The number of methoxy groups -OCH3 is 1. The summed E-state index contributed by atoms with van der Waals surface area (Å²) in [5.74, 6) is -1.04. The van der Waals surface area contributed by atoms with Crippen molar-refractivity contribution in [2.75, 3.05) is 26.9 Å². The Balaban J connectivity index is 4.16. The molecule has 0 radical (unpaired) electrons. The summed E-state index contributed by atoms with van der Waals surface area (Å²) in [4.78, 5) is 22.0. The Labute approximate surface area is 94.2 Å². The van der Waals surface area contributed by atoms with Crippen molar-refractivity contribution in [2.45, 2.75) is 6.92 Å². The molecule has 0 aliphatic rings. The van der Waals surface area contributed by atoms with Crippen LogP contribution in [0.15, 0.2) is 12.7 Å². The summed E-state index contributed by atoms with van der Waals surface area (Å²) in [6.45, 7) is 4.88. The first kappa shape index (κ1) is 14.4. The molecule has 0 aromatic heterocycles. The second-order valence-corrected chi connectivity index (χ2v) is 3.54. The molecule has 0 saturated carbocycles. The highest BCUT2D eigenvalue weighted by Gasteiger charge is 2.33. The summed E-state index contributed by atoms with van der Waals surface area (Å²) in [5, 5.41) is 11.3. The van der Waals surface area contributed by atoms with Crippen LogP contribution in [0.5, 0.6) is 0 Å². The van der Waals surface area contributed by atoms with Crippen LogP contribution in [0, 0.1) is 5.41 Å². The minimum Gasteiger partial charge on any atom is -0.481 e. The molecule has 0 spiro atoms. The summed E-state index contributed by atoms with van der Waals surface area (Å²) in [7, 11) is 1.40. The third-order valence-corrected chi connectivity index (χ3v) is 1.93. The fourth-order valence-corrected chi connectivity index (χ4v) is 0.960. The van der Waals surface area contributed by atoms with Gasteiger partial charge in [-0.05, 0) is 6.92 Å². The van der Waals surface area contributed by atoms with Gasteiger partial charge in [0.15, 0.2) is 0 Å². The number of rotatable bonds is 7. The summed E-state index contributed by atoms with van der Waals surface area (Å²) < 4.78 is 9.44. The SMILES string of the molecule is C=CCOC(=O)NCC(C)(COC)C(=O)O. The molecule has 0 bridgehead atoms. The number of carbonyl (C=O) groups is 2. The number of carboxylic acid groups (broad SMARTS) is 1. The first-order valence-corrected chi connectivity index (χ1v) is 4.70. The molecule has 1 atom stereocenters. The second kappa shape index (κ2) is 6.84. The van der Waals surface area contributed by atoms with Gasteiger partial charge in [0.2, 0.25) is 0 Å². The minimum atomic E-state index is -1.16.